The van der Waals surface area contributed by atoms with E-state index in [9.17, 15) is 4.79 Å². The van der Waals surface area contributed by atoms with Gasteiger partial charge < -0.3 is 15.1 Å². The van der Waals surface area contributed by atoms with E-state index in [2.05, 4.69) is 59.3 Å². The average Bonchev–Trinajstić information content (AvgIpc) is 3.36. The Morgan fingerprint density at radius 2 is 1.86 bits per heavy atom. The van der Waals surface area contributed by atoms with E-state index in [1.807, 2.05) is 0 Å². The molecule has 1 aliphatic heterocycles. The molecular formula is C27H35ClN6O. The number of nitrogens with one attached hydrogen (secondary N) is 1. The lowest BCUT2D eigenvalue weighted by molar-refractivity contribution is 0.285. The number of anilines is 3. The summed E-state index contributed by atoms with van der Waals surface area (Å²) in [5.41, 5.74) is 3.87. The van der Waals surface area contributed by atoms with E-state index in [-0.39, 0.29) is 16.6 Å². The first-order valence-corrected chi connectivity index (χ1v) is 13.1. The van der Waals surface area contributed by atoms with E-state index >= 15 is 0 Å². The zero-order chi connectivity index (χ0) is 24.5. The number of nitrogens with zero attached hydrogens (tertiary/aromatic N) is 5. The van der Waals surface area contributed by atoms with Crippen molar-refractivity contribution in [1.29, 1.82) is 0 Å². The Kier molecular flexibility index (Phi) is 6.98. The fourth-order valence-electron chi connectivity index (χ4n) is 5.64. The summed E-state index contributed by atoms with van der Waals surface area (Å²) in [4.78, 5) is 27.0. The van der Waals surface area contributed by atoms with Gasteiger partial charge in [-0.25, -0.2) is 4.98 Å². The molecule has 8 heteroatoms. The highest BCUT2D eigenvalue weighted by molar-refractivity contribution is 6.31. The third-order valence-electron chi connectivity index (χ3n) is 7.48. The standard InChI is InChI=1S/C27H35ClN6O/c1-18-14-22(33-12-10-19(11-13-33)17-32(2)3)8-9-24(18)30-27-29-16-20-15-23(28)26(35)34(25(20)31-27)21-6-4-5-7-21/h8-9,14-16,19,21H,4-7,10-13,17H2,1-3H3,(H,29,30,31). The van der Waals surface area contributed by atoms with E-state index in [1.165, 1.54) is 25.1 Å². The van der Waals surface area contributed by atoms with Gasteiger partial charge in [0.1, 0.15) is 10.7 Å². The number of rotatable bonds is 6. The van der Waals surface area contributed by atoms with Crippen LogP contribution >= 0.6 is 11.6 Å². The molecular weight excluding hydrogens is 460 g/mol. The second-order valence-electron chi connectivity index (χ2n) is 10.4. The SMILES string of the molecule is Cc1cc(N2CCC(CN(C)C)CC2)ccc1Nc1ncc2cc(Cl)c(=O)n(C3CCCC3)c2n1. The monoisotopic (exact) mass is 494 g/mol. The zero-order valence-electron chi connectivity index (χ0n) is 20.9. The van der Waals surface area contributed by atoms with Gasteiger partial charge in [0, 0.05) is 48.6 Å². The molecule has 186 valence electrons. The number of benzene rings is 1. The van der Waals surface area contributed by atoms with Gasteiger partial charge in [-0.15, -0.1) is 0 Å². The molecule has 1 aromatic carbocycles. The molecule has 0 atom stereocenters. The molecule has 1 N–H and O–H groups in total. The number of hydrogen-bond acceptors (Lipinski definition) is 6. The van der Waals surface area contributed by atoms with Crippen LogP contribution in [0.1, 0.15) is 50.1 Å². The molecule has 5 rings (SSSR count). The second-order valence-corrected chi connectivity index (χ2v) is 10.8. The number of aryl methyl sites for hydroxylation is 1. The van der Waals surface area contributed by atoms with Gasteiger partial charge in [-0.3, -0.25) is 9.36 Å². The summed E-state index contributed by atoms with van der Waals surface area (Å²) in [5.74, 6) is 1.27. The molecule has 3 heterocycles. The van der Waals surface area contributed by atoms with Gasteiger partial charge in [0.25, 0.3) is 5.56 Å². The van der Waals surface area contributed by atoms with Crippen LogP contribution in [0.25, 0.3) is 11.0 Å². The van der Waals surface area contributed by atoms with Crippen LogP contribution in [0.15, 0.2) is 35.3 Å². The smallest absolute Gasteiger partial charge is 0.271 e. The molecule has 0 amide bonds. The topological polar surface area (TPSA) is 66.3 Å². The minimum atomic E-state index is -0.161. The molecule has 1 saturated carbocycles. The Hall–Kier alpha value is -2.64. The third kappa shape index (κ3) is 5.16. The Morgan fingerprint density at radius 1 is 1.11 bits per heavy atom. The van der Waals surface area contributed by atoms with Crippen LogP contribution < -0.4 is 15.8 Å². The minimum absolute atomic E-state index is 0.148. The Bertz CT molecular complexity index is 1260. The number of halogens is 1. The maximum Gasteiger partial charge on any atom is 0.271 e. The van der Waals surface area contributed by atoms with Crippen molar-refractivity contribution in [2.75, 3.05) is 43.9 Å². The number of pyridine rings is 1. The average molecular weight is 495 g/mol. The fraction of sp³-hybridized carbons (Fsp3) is 0.519. The Balaban J connectivity index is 1.36. The summed E-state index contributed by atoms with van der Waals surface area (Å²) in [6.07, 6.45) is 8.43. The highest BCUT2D eigenvalue weighted by Gasteiger charge is 2.23. The minimum Gasteiger partial charge on any atom is -0.372 e. The van der Waals surface area contributed by atoms with Crippen molar-refractivity contribution in [3.8, 4) is 0 Å². The highest BCUT2D eigenvalue weighted by atomic mass is 35.5. The third-order valence-corrected chi connectivity index (χ3v) is 7.75. The van der Waals surface area contributed by atoms with Gasteiger partial charge >= 0.3 is 0 Å². The quantitative estimate of drug-likeness (QED) is 0.495. The molecule has 2 aromatic heterocycles. The maximum absolute atomic E-state index is 12.9. The number of piperidine rings is 1. The summed E-state index contributed by atoms with van der Waals surface area (Å²) < 4.78 is 1.79. The number of aromatic nitrogens is 3. The van der Waals surface area contributed by atoms with Crippen LogP contribution in [0, 0.1) is 12.8 Å². The molecule has 3 aromatic rings. The van der Waals surface area contributed by atoms with Crippen LogP contribution in [0.5, 0.6) is 0 Å². The van der Waals surface area contributed by atoms with E-state index in [4.69, 9.17) is 16.6 Å². The Labute approximate surface area is 212 Å². The first-order chi connectivity index (χ1) is 16.9. The summed E-state index contributed by atoms with van der Waals surface area (Å²) in [7, 11) is 4.31. The first-order valence-electron chi connectivity index (χ1n) is 12.7. The molecule has 1 aliphatic carbocycles. The van der Waals surface area contributed by atoms with Gasteiger partial charge in [-0.05, 0) is 82.4 Å². The van der Waals surface area contributed by atoms with E-state index in [0.29, 0.717) is 11.6 Å². The van der Waals surface area contributed by atoms with Gasteiger partial charge in [-0.1, -0.05) is 24.4 Å². The maximum atomic E-state index is 12.9. The molecule has 1 saturated heterocycles. The lowest BCUT2D eigenvalue weighted by atomic mass is 9.96. The molecule has 0 radical (unpaired) electrons. The summed E-state index contributed by atoms with van der Waals surface area (Å²) >= 11 is 6.26. The van der Waals surface area contributed by atoms with Crippen molar-refractivity contribution in [3.63, 3.8) is 0 Å². The molecule has 35 heavy (non-hydrogen) atoms. The predicted octanol–water partition coefficient (Wildman–Crippen LogP) is 5.39. The largest absolute Gasteiger partial charge is 0.372 e. The van der Waals surface area contributed by atoms with Crippen LogP contribution in [0.3, 0.4) is 0 Å². The Morgan fingerprint density at radius 3 is 2.54 bits per heavy atom. The van der Waals surface area contributed by atoms with Crippen LogP contribution in [0.4, 0.5) is 17.3 Å². The lowest BCUT2D eigenvalue weighted by Gasteiger charge is -2.35. The van der Waals surface area contributed by atoms with Crippen molar-refractivity contribution in [1.82, 2.24) is 19.4 Å². The molecule has 7 nitrogen and oxygen atoms in total. The van der Waals surface area contributed by atoms with Crippen LogP contribution in [-0.4, -0.2) is 53.2 Å². The van der Waals surface area contributed by atoms with Crippen LogP contribution in [0.2, 0.25) is 5.02 Å². The van der Waals surface area contributed by atoms with E-state index in [0.717, 1.165) is 61.3 Å². The van der Waals surface area contributed by atoms with Crippen molar-refractivity contribution in [2.24, 2.45) is 5.92 Å². The van der Waals surface area contributed by atoms with Gasteiger partial charge in [0.15, 0.2) is 0 Å². The predicted molar refractivity (Wildman–Crippen MR) is 144 cm³/mol. The van der Waals surface area contributed by atoms with Crippen molar-refractivity contribution in [2.45, 2.75) is 51.5 Å². The van der Waals surface area contributed by atoms with Gasteiger partial charge in [0.2, 0.25) is 5.95 Å². The normalized spacial score (nSPS) is 17.6. The summed E-state index contributed by atoms with van der Waals surface area (Å²) in [5, 5.41) is 4.40. The van der Waals surface area contributed by atoms with E-state index in [1.54, 1.807) is 16.8 Å². The zero-order valence-corrected chi connectivity index (χ0v) is 21.7. The van der Waals surface area contributed by atoms with Gasteiger partial charge in [-0.2, -0.15) is 4.98 Å². The highest BCUT2D eigenvalue weighted by Crippen LogP contribution is 2.32. The molecule has 2 aliphatic rings. The summed E-state index contributed by atoms with van der Waals surface area (Å²) in [6.45, 7) is 5.47. The molecule has 2 fully saturated rings. The number of hydrogen-bond donors (Lipinski definition) is 1. The number of fused-ring (bicyclic) bond motifs is 1. The van der Waals surface area contributed by atoms with Crippen molar-refractivity contribution >= 4 is 40.0 Å². The van der Waals surface area contributed by atoms with Gasteiger partial charge in [0.05, 0.1) is 0 Å². The van der Waals surface area contributed by atoms with E-state index < -0.39 is 0 Å². The summed E-state index contributed by atoms with van der Waals surface area (Å²) in [6, 6.07) is 8.35. The fourth-order valence-corrected chi connectivity index (χ4v) is 5.85. The second kappa shape index (κ2) is 10.2. The molecule has 0 spiro atoms. The molecule has 0 unspecified atom stereocenters. The van der Waals surface area contributed by atoms with Crippen molar-refractivity contribution < 1.29 is 0 Å². The molecule has 0 bridgehead atoms. The lowest BCUT2D eigenvalue weighted by Crippen LogP contribution is -2.37. The first kappa shape index (κ1) is 24.1. The van der Waals surface area contributed by atoms with Crippen molar-refractivity contribution in [3.05, 3.63) is 51.4 Å². The van der Waals surface area contributed by atoms with Crippen LogP contribution in [-0.2, 0) is 0 Å².